The smallest absolute Gasteiger partial charge is 0.274 e. The molecule has 1 fully saturated rings. The molecular formula is C19H22BrN3O. The molecule has 1 saturated heterocycles. The number of halogens is 1. The van der Waals surface area contributed by atoms with Gasteiger partial charge in [-0.3, -0.25) is 4.79 Å². The Bertz CT molecular complexity index is 730. The van der Waals surface area contributed by atoms with Crippen LogP contribution in [-0.2, 0) is 0 Å². The number of piperidine rings is 1. The van der Waals surface area contributed by atoms with Gasteiger partial charge in [-0.2, -0.15) is 0 Å². The Morgan fingerprint density at radius 2 is 2.17 bits per heavy atom. The van der Waals surface area contributed by atoms with Gasteiger partial charge in [-0.15, -0.1) is 0 Å². The van der Waals surface area contributed by atoms with E-state index in [0.29, 0.717) is 11.6 Å². The van der Waals surface area contributed by atoms with E-state index < -0.39 is 0 Å². The molecule has 2 heterocycles. The molecule has 1 N–H and O–H groups in total. The molecule has 1 atom stereocenters. The predicted molar refractivity (Wildman–Crippen MR) is 102 cm³/mol. The molecule has 1 unspecified atom stereocenters. The second-order valence-electron chi connectivity index (χ2n) is 6.53. The summed E-state index contributed by atoms with van der Waals surface area (Å²) in [6.45, 7) is 6.41. The molecule has 0 aliphatic carbocycles. The second-order valence-corrected chi connectivity index (χ2v) is 7.39. The number of rotatable bonds is 3. The van der Waals surface area contributed by atoms with Gasteiger partial charge in [0.2, 0.25) is 0 Å². The molecule has 1 aromatic heterocycles. The van der Waals surface area contributed by atoms with Crippen molar-refractivity contribution in [3.63, 3.8) is 0 Å². The third kappa shape index (κ3) is 3.96. The van der Waals surface area contributed by atoms with Gasteiger partial charge in [-0.1, -0.05) is 13.0 Å². The van der Waals surface area contributed by atoms with Gasteiger partial charge in [0.25, 0.3) is 5.91 Å². The van der Waals surface area contributed by atoms with Crippen molar-refractivity contribution in [2.75, 3.05) is 23.3 Å². The molecule has 0 bridgehead atoms. The Balaban J connectivity index is 1.69. The van der Waals surface area contributed by atoms with Crippen molar-refractivity contribution in [2.24, 2.45) is 5.92 Å². The highest BCUT2D eigenvalue weighted by atomic mass is 79.9. The number of carbonyl (C=O) groups is 1. The topological polar surface area (TPSA) is 45.2 Å². The number of benzene rings is 1. The summed E-state index contributed by atoms with van der Waals surface area (Å²) in [6, 6.07) is 9.62. The minimum Gasteiger partial charge on any atom is -0.370 e. The van der Waals surface area contributed by atoms with Crippen LogP contribution >= 0.6 is 15.9 Å². The zero-order valence-corrected chi connectivity index (χ0v) is 15.6. The molecule has 1 aliphatic heterocycles. The maximum atomic E-state index is 12.4. The fraction of sp³-hybridized carbons (Fsp3) is 0.368. The number of pyridine rings is 1. The molecule has 1 aromatic carbocycles. The number of carbonyl (C=O) groups excluding carboxylic acids is 1. The van der Waals surface area contributed by atoms with Crippen LogP contribution in [0.15, 0.2) is 41.0 Å². The van der Waals surface area contributed by atoms with E-state index in [0.717, 1.165) is 34.5 Å². The highest BCUT2D eigenvalue weighted by Gasteiger charge is 2.17. The van der Waals surface area contributed by atoms with Crippen molar-refractivity contribution in [2.45, 2.75) is 26.7 Å². The first-order valence-corrected chi connectivity index (χ1v) is 9.11. The summed E-state index contributed by atoms with van der Waals surface area (Å²) in [5, 5.41) is 2.90. The van der Waals surface area contributed by atoms with E-state index in [-0.39, 0.29) is 5.91 Å². The lowest BCUT2D eigenvalue weighted by Crippen LogP contribution is -2.34. The van der Waals surface area contributed by atoms with Crippen molar-refractivity contribution in [1.29, 1.82) is 0 Å². The van der Waals surface area contributed by atoms with Gasteiger partial charge in [0.15, 0.2) is 0 Å². The summed E-state index contributed by atoms with van der Waals surface area (Å²) >= 11 is 3.48. The van der Waals surface area contributed by atoms with Crippen LogP contribution in [-0.4, -0.2) is 24.0 Å². The molecule has 3 rings (SSSR count). The Morgan fingerprint density at radius 1 is 1.33 bits per heavy atom. The fourth-order valence-corrected chi connectivity index (χ4v) is 3.63. The lowest BCUT2D eigenvalue weighted by Gasteiger charge is -2.32. The normalized spacial score (nSPS) is 17.6. The van der Waals surface area contributed by atoms with Crippen molar-refractivity contribution >= 4 is 33.2 Å². The van der Waals surface area contributed by atoms with Crippen LogP contribution in [0.1, 0.15) is 35.8 Å². The van der Waals surface area contributed by atoms with E-state index in [1.807, 2.05) is 31.2 Å². The Kier molecular flexibility index (Phi) is 5.19. The summed E-state index contributed by atoms with van der Waals surface area (Å²) in [5.74, 6) is 0.513. The molecule has 126 valence electrons. The predicted octanol–water partition coefficient (Wildman–Crippen LogP) is 4.64. The number of hydrogen-bond acceptors (Lipinski definition) is 3. The van der Waals surface area contributed by atoms with Crippen LogP contribution in [0, 0.1) is 12.8 Å². The Morgan fingerprint density at radius 3 is 2.83 bits per heavy atom. The first-order chi connectivity index (χ1) is 11.5. The van der Waals surface area contributed by atoms with E-state index in [4.69, 9.17) is 0 Å². The van der Waals surface area contributed by atoms with E-state index in [9.17, 15) is 4.79 Å². The van der Waals surface area contributed by atoms with Crippen LogP contribution in [0.2, 0.25) is 0 Å². The number of aryl methyl sites for hydroxylation is 1. The third-order valence-corrected chi connectivity index (χ3v) is 5.03. The van der Waals surface area contributed by atoms with Crippen LogP contribution in [0.5, 0.6) is 0 Å². The molecule has 5 heteroatoms. The third-order valence-electron chi connectivity index (χ3n) is 4.38. The standard InChI is InChI=1S/C19H22BrN3O/c1-13-5-7-17(16(20)10-13)22-19(24)18-8-6-15(11-21-18)23-9-3-4-14(2)12-23/h5-8,10-11,14H,3-4,9,12H2,1-2H3,(H,22,24). The van der Waals surface area contributed by atoms with Crippen LogP contribution in [0.3, 0.4) is 0 Å². The lowest BCUT2D eigenvalue weighted by molar-refractivity contribution is 0.102. The molecule has 0 radical (unpaired) electrons. The first-order valence-electron chi connectivity index (χ1n) is 8.31. The van der Waals surface area contributed by atoms with E-state index in [1.54, 1.807) is 12.3 Å². The largest absolute Gasteiger partial charge is 0.370 e. The van der Waals surface area contributed by atoms with Gasteiger partial charge in [0.05, 0.1) is 17.6 Å². The van der Waals surface area contributed by atoms with Crippen LogP contribution in [0.25, 0.3) is 0 Å². The summed E-state index contributed by atoms with van der Waals surface area (Å²) in [5.41, 5.74) is 3.41. The highest BCUT2D eigenvalue weighted by molar-refractivity contribution is 9.10. The minimum absolute atomic E-state index is 0.196. The lowest BCUT2D eigenvalue weighted by atomic mass is 10.00. The van der Waals surface area contributed by atoms with Gasteiger partial charge in [-0.05, 0) is 71.4 Å². The fourth-order valence-electron chi connectivity index (χ4n) is 3.04. The Labute approximate surface area is 151 Å². The highest BCUT2D eigenvalue weighted by Crippen LogP contribution is 2.25. The maximum absolute atomic E-state index is 12.4. The molecule has 24 heavy (non-hydrogen) atoms. The minimum atomic E-state index is -0.196. The summed E-state index contributed by atoms with van der Waals surface area (Å²) in [6.07, 6.45) is 4.30. The average molecular weight is 388 g/mol. The number of aromatic nitrogens is 1. The van der Waals surface area contributed by atoms with E-state index in [2.05, 4.69) is 38.1 Å². The van der Waals surface area contributed by atoms with Crippen LogP contribution in [0.4, 0.5) is 11.4 Å². The summed E-state index contributed by atoms with van der Waals surface area (Å²) in [4.78, 5) is 19.1. The number of nitrogens with zero attached hydrogens (tertiary/aromatic N) is 2. The van der Waals surface area contributed by atoms with Crippen molar-refractivity contribution in [3.8, 4) is 0 Å². The molecule has 0 saturated carbocycles. The molecule has 0 spiro atoms. The molecule has 1 aliphatic rings. The summed E-state index contributed by atoms with van der Waals surface area (Å²) in [7, 11) is 0. The zero-order valence-electron chi connectivity index (χ0n) is 14.1. The van der Waals surface area contributed by atoms with E-state index >= 15 is 0 Å². The monoisotopic (exact) mass is 387 g/mol. The average Bonchev–Trinajstić information content (AvgIpc) is 2.57. The molecule has 4 nitrogen and oxygen atoms in total. The number of amides is 1. The summed E-state index contributed by atoms with van der Waals surface area (Å²) < 4.78 is 0.870. The number of hydrogen-bond donors (Lipinski definition) is 1. The van der Waals surface area contributed by atoms with Gasteiger partial charge in [0.1, 0.15) is 5.69 Å². The van der Waals surface area contributed by atoms with Gasteiger partial charge in [-0.25, -0.2) is 4.98 Å². The number of anilines is 2. The molecule has 1 amide bonds. The van der Waals surface area contributed by atoms with Crippen LogP contribution < -0.4 is 10.2 Å². The first kappa shape index (κ1) is 17.0. The van der Waals surface area contributed by atoms with Gasteiger partial charge >= 0.3 is 0 Å². The maximum Gasteiger partial charge on any atom is 0.274 e. The number of nitrogens with one attached hydrogen (secondary N) is 1. The van der Waals surface area contributed by atoms with Crippen molar-refractivity contribution < 1.29 is 4.79 Å². The van der Waals surface area contributed by atoms with Gasteiger partial charge < -0.3 is 10.2 Å². The van der Waals surface area contributed by atoms with E-state index in [1.165, 1.54) is 12.8 Å². The Hall–Kier alpha value is -1.88. The van der Waals surface area contributed by atoms with Gasteiger partial charge in [0, 0.05) is 17.6 Å². The molecule has 2 aromatic rings. The van der Waals surface area contributed by atoms with Crippen molar-refractivity contribution in [1.82, 2.24) is 4.98 Å². The van der Waals surface area contributed by atoms with Crippen molar-refractivity contribution in [3.05, 3.63) is 52.3 Å². The molecular weight excluding hydrogens is 366 g/mol. The second kappa shape index (κ2) is 7.34. The zero-order chi connectivity index (χ0) is 17.1. The quantitative estimate of drug-likeness (QED) is 0.833. The SMILES string of the molecule is Cc1ccc(NC(=O)c2ccc(N3CCCC(C)C3)cn2)c(Br)c1.